The molecule has 1 amide bonds. The summed E-state index contributed by atoms with van der Waals surface area (Å²) in [4.78, 5) is 28.5. The molecule has 0 aliphatic carbocycles. The number of rotatable bonds is 4. The van der Waals surface area contributed by atoms with Gasteiger partial charge in [0.2, 0.25) is 5.91 Å². The lowest BCUT2D eigenvalue weighted by atomic mass is 10.0. The molecule has 8 nitrogen and oxygen atoms in total. The molecule has 0 fully saturated rings. The van der Waals surface area contributed by atoms with Crippen LogP contribution in [0.3, 0.4) is 0 Å². The van der Waals surface area contributed by atoms with Crippen LogP contribution in [0.25, 0.3) is 10.8 Å². The summed E-state index contributed by atoms with van der Waals surface area (Å²) in [6.07, 6.45) is -2.07. The fourth-order valence-corrected chi connectivity index (χ4v) is 2.64. The summed E-state index contributed by atoms with van der Waals surface area (Å²) in [5.74, 6) is -0.775. The molecular weight excluding hydrogens is 377 g/mol. The first-order valence-corrected chi connectivity index (χ1v) is 8.21. The summed E-state index contributed by atoms with van der Waals surface area (Å²) >= 11 is 0. The number of benzene rings is 1. The molecule has 3 aromatic rings. The topological polar surface area (TPSA) is 103 Å². The van der Waals surface area contributed by atoms with Gasteiger partial charge in [0.25, 0.3) is 5.56 Å². The summed E-state index contributed by atoms with van der Waals surface area (Å²) in [6.45, 7) is 3.04. The standard InChI is InChI=1S/C17H15F3N6O2/c1-9(2)15-12-5-10(17(18,19)20)3-4-11(12)16(28)26(25-15)7-14(27)23-13-6-21-8-22-24-13/h3-6,8-9H,7H2,1-2H3,(H,23,24,27). The van der Waals surface area contributed by atoms with Gasteiger partial charge in [0.05, 0.1) is 22.8 Å². The molecule has 0 aliphatic rings. The second kappa shape index (κ2) is 7.33. The molecule has 146 valence electrons. The van der Waals surface area contributed by atoms with E-state index in [1.54, 1.807) is 13.8 Å². The van der Waals surface area contributed by atoms with E-state index in [0.29, 0.717) is 0 Å². The van der Waals surface area contributed by atoms with E-state index in [-0.39, 0.29) is 28.2 Å². The molecule has 28 heavy (non-hydrogen) atoms. The van der Waals surface area contributed by atoms with Crippen LogP contribution in [0.5, 0.6) is 0 Å². The highest BCUT2D eigenvalue weighted by atomic mass is 19.4. The number of amides is 1. The summed E-state index contributed by atoms with van der Waals surface area (Å²) < 4.78 is 40.0. The van der Waals surface area contributed by atoms with E-state index in [4.69, 9.17) is 0 Å². The van der Waals surface area contributed by atoms with Gasteiger partial charge in [0.1, 0.15) is 12.9 Å². The molecule has 0 atom stereocenters. The zero-order valence-corrected chi connectivity index (χ0v) is 14.9. The van der Waals surface area contributed by atoms with E-state index in [9.17, 15) is 22.8 Å². The van der Waals surface area contributed by atoms with Crippen molar-refractivity contribution in [3.63, 3.8) is 0 Å². The van der Waals surface area contributed by atoms with Crippen molar-refractivity contribution < 1.29 is 18.0 Å². The quantitative estimate of drug-likeness (QED) is 0.731. The Hall–Kier alpha value is -3.37. The first-order valence-electron chi connectivity index (χ1n) is 8.21. The van der Waals surface area contributed by atoms with E-state index in [1.165, 1.54) is 12.5 Å². The van der Waals surface area contributed by atoms with Gasteiger partial charge in [-0.25, -0.2) is 9.67 Å². The van der Waals surface area contributed by atoms with Gasteiger partial charge >= 0.3 is 6.18 Å². The van der Waals surface area contributed by atoms with Crippen molar-refractivity contribution in [2.75, 3.05) is 5.32 Å². The Bertz CT molecular complexity index is 1080. The Balaban J connectivity index is 2.03. The van der Waals surface area contributed by atoms with Crippen LogP contribution in [0, 0.1) is 0 Å². The zero-order chi connectivity index (χ0) is 20.5. The predicted molar refractivity (Wildman–Crippen MR) is 93.6 cm³/mol. The maximum atomic E-state index is 13.0. The van der Waals surface area contributed by atoms with Gasteiger partial charge in [-0.1, -0.05) is 13.8 Å². The maximum Gasteiger partial charge on any atom is 0.416 e. The number of aromatic nitrogens is 5. The van der Waals surface area contributed by atoms with Crippen LogP contribution in [-0.4, -0.2) is 30.9 Å². The molecule has 2 aromatic heterocycles. The van der Waals surface area contributed by atoms with Crippen molar-refractivity contribution in [2.45, 2.75) is 32.5 Å². The van der Waals surface area contributed by atoms with Gasteiger partial charge in [0, 0.05) is 5.39 Å². The van der Waals surface area contributed by atoms with Crippen LogP contribution in [-0.2, 0) is 17.5 Å². The number of carbonyl (C=O) groups is 1. The smallest absolute Gasteiger partial charge is 0.306 e. The van der Waals surface area contributed by atoms with E-state index in [1.807, 2.05) is 0 Å². The zero-order valence-electron chi connectivity index (χ0n) is 14.9. The number of anilines is 1. The lowest BCUT2D eigenvalue weighted by Crippen LogP contribution is -2.31. The first-order chi connectivity index (χ1) is 13.2. The van der Waals surface area contributed by atoms with E-state index < -0.39 is 29.8 Å². The highest BCUT2D eigenvalue weighted by Crippen LogP contribution is 2.32. The van der Waals surface area contributed by atoms with E-state index in [0.717, 1.165) is 22.9 Å². The minimum absolute atomic E-state index is 0.0562. The van der Waals surface area contributed by atoms with Crippen molar-refractivity contribution in [3.05, 3.63) is 52.3 Å². The van der Waals surface area contributed by atoms with Crippen molar-refractivity contribution in [1.29, 1.82) is 0 Å². The fourth-order valence-electron chi connectivity index (χ4n) is 2.64. The predicted octanol–water partition coefficient (Wildman–Crippen LogP) is 2.36. The van der Waals surface area contributed by atoms with E-state index in [2.05, 4.69) is 25.6 Å². The van der Waals surface area contributed by atoms with Crippen LogP contribution in [0.15, 0.2) is 35.5 Å². The maximum absolute atomic E-state index is 13.0. The summed E-state index contributed by atoms with van der Waals surface area (Å²) in [5.41, 5.74) is -1.25. The van der Waals surface area contributed by atoms with Crippen molar-refractivity contribution in [1.82, 2.24) is 25.0 Å². The Morgan fingerprint density at radius 2 is 2.00 bits per heavy atom. The number of halogens is 3. The molecule has 0 radical (unpaired) electrons. The molecule has 0 bridgehead atoms. The molecule has 0 saturated heterocycles. The van der Waals surface area contributed by atoms with Crippen LogP contribution in [0.4, 0.5) is 19.0 Å². The van der Waals surface area contributed by atoms with E-state index >= 15 is 0 Å². The number of hydrogen-bond acceptors (Lipinski definition) is 6. The van der Waals surface area contributed by atoms with Crippen molar-refractivity contribution in [3.8, 4) is 0 Å². The van der Waals surface area contributed by atoms with Gasteiger partial charge < -0.3 is 5.32 Å². The number of nitrogens with one attached hydrogen (secondary N) is 1. The molecule has 0 unspecified atom stereocenters. The monoisotopic (exact) mass is 392 g/mol. The summed E-state index contributed by atoms with van der Waals surface area (Å²) in [5, 5.41) is 13.9. The lowest BCUT2D eigenvalue weighted by Gasteiger charge is -2.15. The Morgan fingerprint density at radius 1 is 1.25 bits per heavy atom. The number of nitrogens with zero attached hydrogens (tertiary/aromatic N) is 5. The SMILES string of the molecule is CC(C)c1nn(CC(=O)Nc2cncnn2)c(=O)c2ccc(C(F)(F)F)cc12. The third-order valence-electron chi connectivity index (χ3n) is 3.90. The van der Waals surface area contributed by atoms with Crippen LogP contribution in [0.1, 0.15) is 31.0 Å². The highest BCUT2D eigenvalue weighted by Gasteiger charge is 2.31. The second-order valence-corrected chi connectivity index (χ2v) is 6.30. The number of hydrogen-bond donors (Lipinski definition) is 1. The average Bonchev–Trinajstić information content (AvgIpc) is 2.63. The van der Waals surface area contributed by atoms with Crippen LogP contribution in [0.2, 0.25) is 0 Å². The normalized spacial score (nSPS) is 11.8. The molecule has 11 heteroatoms. The second-order valence-electron chi connectivity index (χ2n) is 6.30. The molecular formula is C17H15F3N6O2. The fraction of sp³-hybridized carbons (Fsp3) is 0.294. The highest BCUT2D eigenvalue weighted by molar-refractivity contribution is 5.90. The summed E-state index contributed by atoms with van der Waals surface area (Å²) in [6, 6.07) is 2.85. The molecule has 0 aliphatic heterocycles. The molecule has 0 spiro atoms. The number of fused-ring (bicyclic) bond motifs is 1. The average molecular weight is 392 g/mol. The molecule has 1 aromatic carbocycles. The number of alkyl halides is 3. The Morgan fingerprint density at radius 3 is 2.61 bits per heavy atom. The minimum atomic E-state index is -4.54. The third kappa shape index (κ3) is 3.97. The Labute approximate surface area is 156 Å². The summed E-state index contributed by atoms with van der Waals surface area (Å²) in [7, 11) is 0. The molecule has 3 rings (SSSR count). The molecule has 0 saturated carbocycles. The van der Waals surface area contributed by atoms with Gasteiger partial charge in [0.15, 0.2) is 5.82 Å². The molecule has 2 heterocycles. The van der Waals surface area contributed by atoms with Gasteiger partial charge in [-0.05, 0) is 24.1 Å². The van der Waals surface area contributed by atoms with Crippen molar-refractivity contribution in [2.24, 2.45) is 0 Å². The van der Waals surface area contributed by atoms with Gasteiger partial charge in [-0.15, -0.1) is 10.2 Å². The molecule has 1 N–H and O–H groups in total. The number of carbonyl (C=O) groups excluding carboxylic acids is 1. The third-order valence-corrected chi connectivity index (χ3v) is 3.90. The van der Waals surface area contributed by atoms with Gasteiger partial charge in [-0.2, -0.15) is 18.3 Å². The van der Waals surface area contributed by atoms with Crippen LogP contribution >= 0.6 is 0 Å². The van der Waals surface area contributed by atoms with Crippen LogP contribution < -0.4 is 10.9 Å². The van der Waals surface area contributed by atoms with Gasteiger partial charge in [-0.3, -0.25) is 9.59 Å². The minimum Gasteiger partial charge on any atom is -0.306 e. The van der Waals surface area contributed by atoms with Crippen molar-refractivity contribution >= 4 is 22.5 Å². The Kier molecular flexibility index (Phi) is 5.08. The first kappa shape index (κ1) is 19.4. The lowest BCUT2D eigenvalue weighted by molar-refractivity contribution is -0.137. The largest absolute Gasteiger partial charge is 0.416 e.